The van der Waals surface area contributed by atoms with Gasteiger partial charge in [-0.05, 0) is 42.2 Å². The molecular formula is C17H14N2O2. The van der Waals surface area contributed by atoms with Gasteiger partial charge >= 0.3 is 0 Å². The summed E-state index contributed by atoms with van der Waals surface area (Å²) >= 11 is 0. The zero-order valence-electron chi connectivity index (χ0n) is 11.7. The Morgan fingerprint density at radius 3 is 2.52 bits per heavy atom. The molecule has 0 aromatic heterocycles. The van der Waals surface area contributed by atoms with Crippen LogP contribution in [0.5, 0.6) is 0 Å². The van der Waals surface area contributed by atoms with Crippen LogP contribution in [-0.2, 0) is 22.4 Å². The number of hydrogen-bond acceptors (Lipinski definition) is 3. The molecule has 0 unspecified atom stereocenters. The van der Waals surface area contributed by atoms with Gasteiger partial charge in [0.25, 0.3) is 0 Å². The number of carbonyl (C=O) groups excluding carboxylic acids is 2. The van der Waals surface area contributed by atoms with Gasteiger partial charge in [0, 0.05) is 6.92 Å². The molecule has 0 aliphatic carbocycles. The summed E-state index contributed by atoms with van der Waals surface area (Å²) < 4.78 is 0. The van der Waals surface area contributed by atoms with Crippen LogP contribution in [0.1, 0.15) is 18.1 Å². The van der Waals surface area contributed by atoms with E-state index >= 15 is 0 Å². The molecule has 1 heterocycles. The number of anilines is 2. The van der Waals surface area contributed by atoms with Crippen molar-refractivity contribution in [3.63, 3.8) is 0 Å². The van der Waals surface area contributed by atoms with E-state index in [1.807, 2.05) is 30.3 Å². The Balaban J connectivity index is 2.24. The van der Waals surface area contributed by atoms with Crippen LogP contribution in [0.2, 0.25) is 0 Å². The first-order chi connectivity index (χ1) is 10.2. The SMILES string of the molecule is CC(=O)N1c2ccccc2CCc2ccc(N=C=O)cc21. The van der Waals surface area contributed by atoms with Gasteiger partial charge in [0.05, 0.1) is 17.1 Å². The second-order valence-electron chi connectivity index (χ2n) is 5.00. The minimum atomic E-state index is -0.0576. The van der Waals surface area contributed by atoms with E-state index < -0.39 is 0 Å². The minimum Gasteiger partial charge on any atom is -0.281 e. The maximum absolute atomic E-state index is 12.2. The van der Waals surface area contributed by atoms with Crippen molar-refractivity contribution in [2.75, 3.05) is 4.90 Å². The zero-order valence-corrected chi connectivity index (χ0v) is 11.7. The summed E-state index contributed by atoms with van der Waals surface area (Å²) in [5, 5.41) is 0. The van der Waals surface area contributed by atoms with Crippen LogP contribution in [0.4, 0.5) is 17.1 Å². The molecule has 1 aliphatic heterocycles. The molecule has 104 valence electrons. The Kier molecular flexibility index (Phi) is 3.38. The van der Waals surface area contributed by atoms with Crippen LogP contribution in [-0.4, -0.2) is 12.0 Å². The lowest BCUT2D eigenvalue weighted by atomic mass is 10.0. The predicted octanol–water partition coefficient (Wildman–Crippen LogP) is 3.44. The predicted molar refractivity (Wildman–Crippen MR) is 80.9 cm³/mol. The van der Waals surface area contributed by atoms with Crippen LogP contribution in [0.3, 0.4) is 0 Å². The summed E-state index contributed by atoms with van der Waals surface area (Å²) in [5.74, 6) is -0.0576. The molecule has 0 N–H and O–H groups in total. The van der Waals surface area contributed by atoms with Crippen molar-refractivity contribution in [1.82, 2.24) is 0 Å². The fraction of sp³-hybridized carbons (Fsp3) is 0.176. The number of amides is 1. The van der Waals surface area contributed by atoms with Crippen molar-refractivity contribution < 1.29 is 9.59 Å². The molecule has 4 heteroatoms. The van der Waals surface area contributed by atoms with Gasteiger partial charge in [-0.2, -0.15) is 4.99 Å². The van der Waals surface area contributed by atoms with Crippen molar-refractivity contribution >= 4 is 29.0 Å². The van der Waals surface area contributed by atoms with Crippen molar-refractivity contribution in [3.8, 4) is 0 Å². The second-order valence-corrected chi connectivity index (χ2v) is 5.00. The number of aryl methyl sites for hydroxylation is 2. The molecule has 0 saturated heterocycles. The molecule has 2 aromatic carbocycles. The smallest absolute Gasteiger partial charge is 0.240 e. The average molecular weight is 278 g/mol. The first kappa shape index (κ1) is 13.3. The highest BCUT2D eigenvalue weighted by Gasteiger charge is 2.23. The molecular weight excluding hydrogens is 264 g/mol. The van der Waals surface area contributed by atoms with E-state index in [9.17, 15) is 9.59 Å². The van der Waals surface area contributed by atoms with Gasteiger partial charge in [-0.1, -0.05) is 24.3 Å². The van der Waals surface area contributed by atoms with Crippen molar-refractivity contribution in [2.45, 2.75) is 19.8 Å². The standard InChI is InChI=1S/C17H14N2O2/c1-12(21)19-16-5-3-2-4-13(16)6-7-14-8-9-15(18-11-20)10-17(14)19/h2-5,8-10H,6-7H2,1H3. The van der Waals surface area contributed by atoms with Crippen molar-refractivity contribution in [1.29, 1.82) is 0 Å². The van der Waals surface area contributed by atoms with Gasteiger partial charge in [-0.15, -0.1) is 0 Å². The molecule has 1 amide bonds. The molecule has 0 bridgehead atoms. The van der Waals surface area contributed by atoms with E-state index in [0.29, 0.717) is 5.69 Å². The quantitative estimate of drug-likeness (QED) is 0.592. The van der Waals surface area contributed by atoms with Crippen LogP contribution in [0.15, 0.2) is 47.5 Å². The number of carbonyl (C=O) groups is 1. The zero-order chi connectivity index (χ0) is 14.8. The number of benzene rings is 2. The van der Waals surface area contributed by atoms with Gasteiger partial charge < -0.3 is 0 Å². The lowest BCUT2D eigenvalue weighted by Crippen LogP contribution is -2.23. The molecule has 0 saturated carbocycles. The van der Waals surface area contributed by atoms with E-state index in [1.165, 1.54) is 0 Å². The Morgan fingerprint density at radius 1 is 1.10 bits per heavy atom. The summed E-state index contributed by atoms with van der Waals surface area (Å²) in [6, 6.07) is 13.4. The van der Waals surface area contributed by atoms with Gasteiger partial charge in [0.1, 0.15) is 0 Å². The number of nitrogens with zero attached hydrogens (tertiary/aromatic N) is 2. The molecule has 3 rings (SSSR count). The molecule has 21 heavy (non-hydrogen) atoms. The Bertz CT molecular complexity index is 761. The molecule has 0 atom stereocenters. The van der Waals surface area contributed by atoms with Crippen molar-refractivity contribution in [3.05, 3.63) is 53.6 Å². The van der Waals surface area contributed by atoms with Crippen molar-refractivity contribution in [2.24, 2.45) is 4.99 Å². The van der Waals surface area contributed by atoms with E-state index in [0.717, 1.165) is 35.3 Å². The lowest BCUT2D eigenvalue weighted by Gasteiger charge is -2.23. The maximum Gasteiger partial charge on any atom is 0.240 e. The van der Waals surface area contributed by atoms with E-state index in [-0.39, 0.29) is 5.91 Å². The number of aliphatic imine (C=N–C) groups is 1. The fourth-order valence-corrected chi connectivity index (χ4v) is 2.77. The van der Waals surface area contributed by atoms with E-state index in [4.69, 9.17) is 0 Å². The molecule has 0 fully saturated rings. The van der Waals surface area contributed by atoms with Gasteiger partial charge in [0.2, 0.25) is 12.0 Å². The molecule has 0 spiro atoms. The third-order valence-electron chi connectivity index (χ3n) is 3.70. The summed E-state index contributed by atoms with van der Waals surface area (Å²) in [7, 11) is 0. The number of hydrogen-bond donors (Lipinski definition) is 0. The van der Waals surface area contributed by atoms with Gasteiger partial charge in [-0.3, -0.25) is 9.69 Å². The normalized spacial score (nSPS) is 12.7. The Hall–Kier alpha value is -2.71. The Morgan fingerprint density at radius 2 is 1.81 bits per heavy atom. The van der Waals surface area contributed by atoms with Crippen LogP contribution in [0, 0.1) is 0 Å². The monoisotopic (exact) mass is 278 g/mol. The minimum absolute atomic E-state index is 0.0576. The van der Waals surface area contributed by atoms with E-state index in [2.05, 4.69) is 4.99 Å². The highest BCUT2D eigenvalue weighted by atomic mass is 16.2. The highest BCUT2D eigenvalue weighted by molar-refractivity contribution is 6.01. The molecule has 4 nitrogen and oxygen atoms in total. The third-order valence-corrected chi connectivity index (χ3v) is 3.70. The lowest BCUT2D eigenvalue weighted by molar-refractivity contribution is -0.115. The second kappa shape index (κ2) is 5.35. The number of para-hydroxylation sites is 1. The molecule has 0 radical (unpaired) electrons. The third kappa shape index (κ3) is 2.37. The van der Waals surface area contributed by atoms with Crippen LogP contribution < -0.4 is 4.90 Å². The first-order valence-electron chi connectivity index (χ1n) is 6.80. The number of fused-ring (bicyclic) bond motifs is 2. The van der Waals surface area contributed by atoms with Crippen LogP contribution in [0.25, 0.3) is 0 Å². The van der Waals surface area contributed by atoms with E-state index in [1.54, 1.807) is 30.0 Å². The topological polar surface area (TPSA) is 49.7 Å². The molecule has 2 aromatic rings. The maximum atomic E-state index is 12.2. The highest BCUT2D eigenvalue weighted by Crippen LogP contribution is 2.37. The number of isocyanates is 1. The summed E-state index contributed by atoms with van der Waals surface area (Å²) in [5.41, 5.74) is 4.42. The average Bonchev–Trinajstić information content (AvgIpc) is 2.63. The van der Waals surface area contributed by atoms with Gasteiger partial charge in [-0.25, -0.2) is 4.79 Å². The Labute approximate surface area is 122 Å². The first-order valence-corrected chi connectivity index (χ1v) is 6.80. The fourth-order valence-electron chi connectivity index (χ4n) is 2.77. The summed E-state index contributed by atoms with van der Waals surface area (Å²) in [4.78, 5) is 28.0. The largest absolute Gasteiger partial charge is 0.281 e. The molecule has 1 aliphatic rings. The van der Waals surface area contributed by atoms with Crippen LogP contribution >= 0.6 is 0 Å². The number of rotatable bonds is 1. The van der Waals surface area contributed by atoms with Gasteiger partial charge in [0.15, 0.2) is 0 Å². The summed E-state index contributed by atoms with van der Waals surface area (Å²) in [6.45, 7) is 1.54. The summed E-state index contributed by atoms with van der Waals surface area (Å²) in [6.07, 6.45) is 3.27.